The molecule has 0 spiro atoms. The molecule has 1 N–H and O–H groups in total. The van der Waals surface area contributed by atoms with Gasteiger partial charge in [-0.2, -0.15) is 0 Å². The summed E-state index contributed by atoms with van der Waals surface area (Å²) in [6, 6.07) is 9.48. The minimum Gasteiger partial charge on any atom is -0.507 e. The largest absolute Gasteiger partial charge is 0.507 e. The highest BCUT2D eigenvalue weighted by Gasteiger charge is 2.11. The maximum atomic E-state index is 10.2. The normalized spacial score (nSPS) is 12.1. The Balaban J connectivity index is 2.66. The molecule has 0 fully saturated rings. The Morgan fingerprint density at radius 3 is 2.65 bits per heavy atom. The molecule has 0 bridgehead atoms. The zero-order valence-corrected chi connectivity index (χ0v) is 12.9. The average molecular weight is 289 g/mol. The second kappa shape index (κ2) is 6.81. The van der Waals surface area contributed by atoms with Crippen molar-refractivity contribution < 1.29 is 5.11 Å². The number of fused-ring (bicyclic) bond motifs is 1. The van der Waals surface area contributed by atoms with Crippen LogP contribution in [0.1, 0.15) is 45.1 Å². The van der Waals surface area contributed by atoms with Gasteiger partial charge >= 0.3 is 0 Å². The first-order chi connectivity index (χ1) is 9.69. The van der Waals surface area contributed by atoms with Crippen molar-refractivity contribution in [1.82, 2.24) is 0 Å². The standard InChI is InChI=1S/C18H21ClO/c1-3-5-8-13(7-4-2)14-9-6-10-15-16(19)11-12-17(20)18(14)15/h6,8-12,20H,3-5,7H2,1-2H3/b13-8+. The number of phenolic OH excluding ortho intramolecular Hbond substituents is 1. The van der Waals surface area contributed by atoms with Gasteiger partial charge < -0.3 is 5.11 Å². The van der Waals surface area contributed by atoms with Gasteiger partial charge in [0.2, 0.25) is 0 Å². The summed E-state index contributed by atoms with van der Waals surface area (Å²) in [6.45, 7) is 4.36. The molecule has 106 valence electrons. The Kier molecular flexibility index (Phi) is 5.08. The Morgan fingerprint density at radius 2 is 1.95 bits per heavy atom. The fourth-order valence-electron chi connectivity index (χ4n) is 2.55. The molecule has 0 aliphatic heterocycles. The Labute approximate surface area is 125 Å². The van der Waals surface area contributed by atoms with Gasteiger partial charge in [0, 0.05) is 15.8 Å². The fourth-order valence-corrected chi connectivity index (χ4v) is 2.78. The molecule has 0 heterocycles. The summed E-state index contributed by atoms with van der Waals surface area (Å²) in [7, 11) is 0. The summed E-state index contributed by atoms with van der Waals surface area (Å²) in [5, 5.41) is 12.7. The number of aromatic hydroxyl groups is 1. The average Bonchev–Trinajstić information content (AvgIpc) is 2.47. The summed E-state index contributed by atoms with van der Waals surface area (Å²) in [5.41, 5.74) is 2.41. The number of hydrogen-bond donors (Lipinski definition) is 1. The first-order valence-electron chi connectivity index (χ1n) is 7.28. The number of hydrogen-bond acceptors (Lipinski definition) is 1. The van der Waals surface area contributed by atoms with E-state index >= 15 is 0 Å². The maximum Gasteiger partial charge on any atom is 0.124 e. The molecule has 0 amide bonds. The van der Waals surface area contributed by atoms with Crippen molar-refractivity contribution in [2.24, 2.45) is 0 Å². The van der Waals surface area contributed by atoms with Crippen molar-refractivity contribution in [2.45, 2.75) is 39.5 Å². The predicted octanol–water partition coefficient (Wildman–Crippen LogP) is 6.18. The van der Waals surface area contributed by atoms with E-state index in [1.807, 2.05) is 12.1 Å². The number of allylic oxidation sites excluding steroid dienone is 2. The van der Waals surface area contributed by atoms with E-state index in [9.17, 15) is 5.11 Å². The third-order valence-corrected chi connectivity index (χ3v) is 3.84. The fraction of sp³-hybridized carbons (Fsp3) is 0.333. The van der Waals surface area contributed by atoms with E-state index in [0.717, 1.165) is 42.0 Å². The van der Waals surface area contributed by atoms with Gasteiger partial charge in [-0.25, -0.2) is 0 Å². The number of rotatable bonds is 5. The number of halogens is 1. The van der Waals surface area contributed by atoms with Crippen LogP contribution in [0, 0.1) is 0 Å². The highest BCUT2D eigenvalue weighted by molar-refractivity contribution is 6.36. The van der Waals surface area contributed by atoms with E-state index in [4.69, 9.17) is 11.6 Å². The van der Waals surface area contributed by atoms with Gasteiger partial charge in [0.05, 0.1) is 0 Å². The van der Waals surface area contributed by atoms with Crippen LogP contribution in [0.15, 0.2) is 36.4 Å². The van der Waals surface area contributed by atoms with Crippen molar-refractivity contribution in [3.05, 3.63) is 47.0 Å². The smallest absolute Gasteiger partial charge is 0.124 e. The molecule has 20 heavy (non-hydrogen) atoms. The first kappa shape index (κ1) is 14.9. The molecule has 2 aromatic rings. The molecule has 0 aliphatic rings. The molecule has 0 aromatic heterocycles. The molecule has 0 radical (unpaired) electrons. The Morgan fingerprint density at radius 1 is 1.15 bits per heavy atom. The summed E-state index contributed by atoms with van der Waals surface area (Å²) < 4.78 is 0. The van der Waals surface area contributed by atoms with Crippen LogP contribution in [-0.4, -0.2) is 5.11 Å². The molecular weight excluding hydrogens is 268 g/mol. The van der Waals surface area contributed by atoms with Gasteiger partial charge in [-0.15, -0.1) is 0 Å². The lowest BCUT2D eigenvalue weighted by Gasteiger charge is -2.13. The van der Waals surface area contributed by atoms with E-state index in [-0.39, 0.29) is 0 Å². The zero-order chi connectivity index (χ0) is 14.5. The van der Waals surface area contributed by atoms with E-state index in [1.54, 1.807) is 12.1 Å². The number of unbranched alkanes of at least 4 members (excludes halogenated alkanes) is 1. The van der Waals surface area contributed by atoms with Crippen LogP contribution in [0.25, 0.3) is 16.3 Å². The summed E-state index contributed by atoms with van der Waals surface area (Å²) in [4.78, 5) is 0. The second-order valence-corrected chi connectivity index (χ2v) is 5.47. The van der Waals surface area contributed by atoms with Gasteiger partial charge in [0.1, 0.15) is 5.75 Å². The molecule has 0 saturated carbocycles. The van der Waals surface area contributed by atoms with Crippen LogP contribution in [0.3, 0.4) is 0 Å². The molecule has 1 nitrogen and oxygen atoms in total. The lowest BCUT2D eigenvalue weighted by Crippen LogP contribution is -1.89. The van der Waals surface area contributed by atoms with E-state index < -0.39 is 0 Å². The van der Waals surface area contributed by atoms with Crippen LogP contribution in [0.5, 0.6) is 5.75 Å². The third kappa shape index (κ3) is 2.99. The van der Waals surface area contributed by atoms with Crippen molar-refractivity contribution >= 4 is 27.9 Å². The Bertz CT molecular complexity index is 629. The molecule has 0 unspecified atom stereocenters. The number of benzene rings is 2. The Hall–Kier alpha value is -1.47. The zero-order valence-electron chi connectivity index (χ0n) is 12.1. The lowest BCUT2D eigenvalue weighted by atomic mass is 9.94. The minimum absolute atomic E-state index is 0.304. The van der Waals surface area contributed by atoms with Crippen LogP contribution in [0.2, 0.25) is 5.02 Å². The molecule has 2 rings (SSSR count). The van der Waals surface area contributed by atoms with Gasteiger partial charge in [-0.1, -0.05) is 62.6 Å². The third-order valence-electron chi connectivity index (χ3n) is 3.51. The van der Waals surface area contributed by atoms with Crippen LogP contribution in [-0.2, 0) is 0 Å². The van der Waals surface area contributed by atoms with E-state index in [0.29, 0.717) is 10.8 Å². The number of phenols is 1. The van der Waals surface area contributed by atoms with Gasteiger partial charge in [0.25, 0.3) is 0 Å². The topological polar surface area (TPSA) is 20.2 Å². The minimum atomic E-state index is 0.304. The first-order valence-corrected chi connectivity index (χ1v) is 7.66. The highest BCUT2D eigenvalue weighted by Crippen LogP contribution is 2.37. The van der Waals surface area contributed by atoms with Crippen LogP contribution >= 0.6 is 11.6 Å². The SMILES string of the molecule is CCC/C=C(\CCC)c1cccc2c(Cl)ccc(O)c12. The monoisotopic (exact) mass is 288 g/mol. The van der Waals surface area contributed by atoms with Crippen LogP contribution < -0.4 is 0 Å². The van der Waals surface area contributed by atoms with Crippen molar-refractivity contribution in [2.75, 3.05) is 0 Å². The van der Waals surface area contributed by atoms with Crippen molar-refractivity contribution in [1.29, 1.82) is 0 Å². The summed E-state index contributed by atoms with van der Waals surface area (Å²) >= 11 is 6.26. The molecule has 2 aromatic carbocycles. The molecule has 2 heteroatoms. The van der Waals surface area contributed by atoms with Gasteiger partial charge in [0.15, 0.2) is 0 Å². The second-order valence-electron chi connectivity index (χ2n) is 5.06. The molecule has 0 atom stereocenters. The molecule has 0 saturated heterocycles. The van der Waals surface area contributed by atoms with Gasteiger partial charge in [-0.3, -0.25) is 0 Å². The van der Waals surface area contributed by atoms with E-state index in [2.05, 4.69) is 26.0 Å². The van der Waals surface area contributed by atoms with Gasteiger partial charge in [-0.05, 0) is 36.1 Å². The summed E-state index contributed by atoms with van der Waals surface area (Å²) in [5.74, 6) is 0.304. The predicted molar refractivity (Wildman–Crippen MR) is 88.4 cm³/mol. The summed E-state index contributed by atoms with van der Waals surface area (Å²) in [6.07, 6.45) is 6.59. The maximum absolute atomic E-state index is 10.2. The van der Waals surface area contributed by atoms with Crippen LogP contribution in [0.4, 0.5) is 0 Å². The van der Waals surface area contributed by atoms with Crippen molar-refractivity contribution in [3.63, 3.8) is 0 Å². The molecule has 0 aliphatic carbocycles. The molecular formula is C18H21ClO. The van der Waals surface area contributed by atoms with Crippen molar-refractivity contribution in [3.8, 4) is 5.75 Å². The highest BCUT2D eigenvalue weighted by atomic mass is 35.5. The van der Waals surface area contributed by atoms with E-state index in [1.165, 1.54) is 5.57 Å². The lowest BCUT2D eigenvalue weighted by molar-refractivity contribution is 0.481. The quantitative estimate of drug-likeness (QED) is 0.696.